The highest BCUT2D eigenvalue weighted by Gasteiger charge is 2.40. The molecule has 8 nitrogen and oxygen atoms in total. The van der Waals surface area contributed by atoms with Gasteiger partial charge in [-0.25, -0.2) is 0 Å². The van der Waals surface area contributed by atoms with Crippen molar-refractivity contribution >= 4 is 11.8 Å². The molecule has 0 spiro atoms. The second kappa shape index (κ2) is 8.84. The highest BCUT2D eigenvalue weighted by molar-refractivity contribution is 5.97. The topological polar surface area (TPSA) is 77.5 Å². The van der Waals surface area contributed by atoms with Gasteiger partial charge < -0.3 is 28.7 Å². The van der Waals surface area contributed by atoms with Crippen molar-refractivity contribution in [2.24, 2.45) is 5.92 Å². The molecule has 3 aliphatic rings. The summed E-state index contributed by atoms with van der Waals surface area (Å²) in [6.07, 6.45) is 2.05. The summed E-state index contributed by atoms with van der Waals surface area (Å²) in [7, 11) is 3.14. The lowest BCUT2D eigenvalue weighted by Crippen LogP contribution is -2.56. The minimum Gasteiger partial charge on any atom is -0.497 e. The number of carbonyl (C=O) groups is 2. The molecule has 0 saturated carbocycles. The molecule has 2 saturated heterocycles. The fourth-order valence-corrected chi connectivity index (χ4v) is 5.12. The molecule has 2 aromatic rings. The SMILES string of the molecule is COc1ccc(C(=O)N2CC[C@H]3[C@H](CCC(=O)N3Cc3ccc4c(c3)OCO4)C2)c(OC)c1. The van der Waals surface area contributed by atoms with E-state index in [9.17, 15) is 9.59 Å². The number of piperidine rings is 2. The van der Waals surface area contributed by atoms with Gasteiger partial charge in [-0.1, -0.05) is 6.07 Å². The summed E-state index contributed by atoms with van der Waals surface area (Å²) in [6, 6.07) is 11.2. The zero-order valence-corrected chi connectivity index (χ0v) is 18.9. The van der Waals surface area contributed by atoms with Gasteiger partial charge in [-0.2, -0.15) is 0 Å². The minimum absolute atomic E-state index is 0.0489. The molecule has 174 valence electrons. The van der Waals surface area contributed by atoms with Crippen molar-refractivity contribution in [3.05, 3.63) is 47.5 Å². The van der Waals surface area contributed by atoms with E-state index < -0.39 is 0 Å². The maximum absolute atomic E-state index is 13.3. The lowest BCUT2D eigenvalue weighted by molar-refractivity contribution is -0.141. The number of methoxy groups -OCH3 is 2. The smallest absolute Gasteiger partial charge is 0.257 e. The Hall–Kier alpha value is -3.42. The number of ether oxygens (including phenoxy) is 4. The van der Waals surface area contributed by atoms with Gasteiger partial charge in [0.15, 0.2) is 11.5 Å². The third-order valence-electron chi connectivity index (χ3n) is 6.86. The Labute approximate surface area is 193 Å². The Morgan fingerprint density at radius 3 is 2.73 bits per heavy atom. The lowest BCUT2D eigenvalue weighted by atomic mass is 9.83. The monoisotopic (exact) mass is 452 g/mol. The van der Waals surface area contributed by atoms with Crippen LogP contribution in [0, 0.1) is 5.92 Å². The molecule has 2 aromatic carbocycles. The van der Waals surface area contributed by atoms with Crippen molar-refractivity contribution in [3.63, 3.8) is 0 Å². The number of rotatable bonds is 5. The molecule has 0 unspecified atom stereocenters. The predicted octanol–water partition coefficient (Wildman–Crippen LogP) is 3.09. The zero-order chi connectivity index (χ0) is 22.9. The van der Waals surface area contributed by atoms with Crippen molar-refractivity contribution in [2.75, 3.05) is 34.1 Å². The Kier molecular flexibility index (Phi) is 5.74. The first-order valence-electron chi connectivity index (χ1n) is 11.3. The maximum Gasteiger partial charge on any atom is 0.257 e. The van der Waals surface area contributed by atoms with E-state index in [1.54, 1.807) is 32.4 Å². The quantitative estimate of drug-likeness (QED) is 0.694. The summed E-state index contributed by atoms with van der Waals surface area (Å²) in [6.45, 7) is 2.00. The molecule has 8 heteroatoms. The van der Waals surface area contributed by atoms with E-state index in [0.29, 0.717) is 43.1 Å². The Morgan fingerprint density at radius 2 is 1.91 bits per heavy atom. The highest BCUT2D eigenvalue weighted by atomic mass is 16.7. The highest BCUT2D eigenvalue weighted by Crippen LogP contribution is 2.36. The van der Waals surface area contributed by atoms with Gasteiger partial charge in [-0.15, -0.1) is 0 Å². The van der Waals surface area contributed by atoms with Crippen LogP contribution in [0.4, 0.5) is 0 Å². The van der Waals surface area contributed by atoms with E-state index in [-0.39, 0.29) is 30.6 Å². The van der Waals surface area contributed by atoms with Crippen LogP contribution in [0.5, 0.6) is 23.0 Å². The number of carbonyl (C=O) groups excluding carboxylic acids is 2. The van der Waals surface area contributed by atoms with Gasteiger partial charge >= 0.3 is 0 Å². The third-order valence-corrected chi connectivity index (χ3v) is 6.86. The number of hydrogen-bond acceptors (Lipinski definition) is 6. The molecule has 3 aliphatic heterocycles. The zero-order valence-electron chi connectivity index (χ0n) is 18.9. The minimum atomic E-state index is -0.0489. The van der Waals surface area contributed by atoms with E-state index in [1.165, 1.54) is 0 Å². The Bertz CT molecular complexity index is 1070. The summed E-state index contributed by atoms with van der Waals surface area (Å²) in [4.78, 5) is 30.0. The van der Waals surface area contributed by atoms with Crippen LogP contribution in [-0.2, 0) is 11.3 Å². The molecule has 2 fully saturated rings. The molecule has 0 bridgehead atoms. The molecule has 2 amide bonds. The van der Waals surface area contributed by atoms with Gasteiger partial charge in [0.25, 0.3) is 5.91 Å². The van der Waals surface area contributed by atoms with Gasteiger partial charge in [0.1, 0.15) is 11.5 Å². The second-order valence-electron chi connectivity index (χ2n) is 8.68. The van der Waals surface area contributed by atoms with Crippen LogP contribution in [0.25, 0.3) is 0 Å². The third kappa shape index (κ3) is 4.05. The van der Waals surface area contributed by atoms with Crippen LogP contribution < -0.4 is 18.9 Å². The van der Waals surface area contributed by atoms with Crippen molar-refractivity contribution in [1.82, 2.24) is 9.80 Å². The summed E-state index contributed by atoms with van der Waals surface area (Å²) in [5.74, 6) is 2.98. The summed E-state index contributed by atoms with van der Waals surface area (Å²) in [5, 5.41) is 0. The standard InChI is InChI=1S/C25H28N2O6/c1-30-18-5-6-19(22(12-18)31-2)25(29)26-10-9-20-17(14-26)4-8-24(28)27(20)13-16-3-7-21-23(11-16)33-15-32-21/h3,5-7,11-12,17,20H,4,8-10,13-15H2,1-2H3/t17-,20+/m1/s1. The molecule has 0 aromatic heterocycles. The van der Waals surface area contributed by atoms with E-state index in [2.05, 4.69) is 0 Å². The van der Waals surface area contributed by atoms with Crippen LogP contribution in [0.2, 0.25) is 0 Å². The summed E-state index contributed by atoms with van der Waals surface area (Å²) >= 11 is 0. The number of likely N-dealkylation sites (tertiary alicyclic amines) is 2. The molecule has 2 atom stereocenters. The molecule has 5 rings (SSSR count). The van der Waals surface area contributed by atoms with Crippen molar-refractivity contribution in [2.45, 2.75) is 31.8 Å². The van der Waals surface area contributed by atoms with Crippen molar-refractivity contribution < 1.29 is 28.5 Å². The van der Waals surface area contributed by atoms with E-state index in [4.69, 9.17) is 18.9 Å². The second-order valence-corrected chi connectivity index (χ2v) is 8.68. The average Bonchev–Trinajstić information content (AvgIpc) is 3.32. The van der Waals surface area contributed by atoms with E-state index >= 15 is 0 Å². The average molecular weight is 453 g/mol. The van der Waals surface area contributed by atoms with Gasteiger partial charge in [0.05, 0.1) is 19.8 Å². The van der Waals surface area contributed by atoms with Crippen LogP contribution in [0.15, 0.2) is 36.4 Å². The number of hydrogen-bond donors (Lipinski definition) is 0. The van der Waals surface area contributed by atoms with E-state index in [1.807, 2.05) is 28.0 Å². The molecular weight excluding hydrogens is 424 g/mol. The van der Waals surface area contributed by atoms with Crippen LogP contribution in [-0.4, -0.2) is 61.8 Å². The molecule has 0 radical (unpaired) electrons. The van der Waals surface area contributed by atoms with Crippen LogP contribution >= 0.6 is 0 Å². The van der Waals surface area contributed by atoms with Crippen molar-refractivity contribution in [1.29, 1.82) is 0 Å². The number of nitrogens with zero attached hydrogens (tertiary/aromatic N) is 2. The summed E-state index contributed by atoms with van der Waals surface area (Å²) < 4.78 is 21.6. The molecular formula is C25H28N2O6. The largest absolute Gasteiger partial charge is 0.497 e. The molecule has 0 N–H and O–H groups in total. The van der Waals surface area contributed by atoms with E-state index in [0.717, 1.165) is 29.9 Å². The number of amides is 2. The van der Waals surface area contributed by atoms with Crippen molar-refractivity contribution in [3.8, 4) is 23.0 Å². The maximum atomic E-state index is 13.3. The van der Waals surface area contributed by atoms with Gasteiger partial charge in [0.2, 0.25) is 12.7 Å². The van der Waals surface area contributed by atoms with Crippen LogP contribution in [0.1, 0.15) is 35.2 Å². The van der Waals surface area contributed by atoms with Gasteiger partial charge in [-0.3, -0.25) is 9.59 Å². The fourth-order valence-electron chi connectivity index (χ4n) is 5.12. The predicted molar refractivity (Wildman–Crippen MR) is 120 cm³/mol. The van der Waals surface area contributed by atoms with Crippen LogP contribution in [0.3, 0.4) is 0 Å². The normalized spacial score (nSPS) is 21.6. The fraction of sp³-hybridized carbons (Fsp3) is 0.440. The Balaban J connectivity index is 1.30. The molecule has 3 heterocycles. The van der Waals surface area contributed by atoms with Gasteiger partial charge in [-0.05, 0) is 48.6 Å². The first kappa shape index (κ1) is 21.4. The molecule has 33 heavy (non-hydrogen) atoms. The first-order chi connectivity index (χ1) is 16.1. The summed E-state index contributed by atoms with van der Waals surface area (Å²) in [5.41, 5.74) is 1.55. The molecule has 0 aliphatic carbocycles. The lowest BCUT2D eigenvalue weighted by Gasteiger charge is -2.47. The number of benzene rings is 2. The Morgan fingerprint density at radius 1 is 1.06 bits per heavy atom. The van der Waals surface area contributed by atoms with Gasteiger partial charge in [0, 0.05) is 38.2 Å². The first-order valence-corrected chi connectivity index (χ1v) is 11.3. The number of fused-ring (bicyclic) bond motifs is 2.